The van der Waals surface area contributed by atoms with Crippen molar-refractivity contribution in [3.05, 3.63) is 59.7 Å². The molecule has 2 atom stereocenters. The average Bonchev–Trinajstić information content (AvgIpc) is 3.06. The van der Waals surface area contributed by atoms with Gasteiger partial charge in [0.25, 0.3) is 0 Å². The molecule has 0 aromatic heterocycles. The van der Waals surface area contributed by atoms with Gasteiger partial charge in [-0.1, -0.05) is 115 Å². The van der Waals surface area contributed by atoms with E-state index in [1.54, 1.807) is 0 Å². The maximum absolute atomic E-state index is 11.9. The van der Waals surface area contributed by atoms with Crippen molar-refractivity contribution < 1.29 is 33.2 Å². The minimum absolute atomic E-state index is 0.0687. The van der Waals surface area contributed by atoms with E-state index in [0.29, 0.717) is 0 Å². The second-order valence-corrected chi connectivity index (χ2v) is 12.1. The monoisotopic (exact) mass is 642 g/mol. The topological polar surface area (TPSA) is 72.5 Å². The van der Waals surface area contributed by atoms with Crippen LogP contribution in [0, 0.1) is 0 Å². The zero-order valence-electron chi connectivity index (χ0n) is 29.3. The predicted molar refractivity (Wildman–Crippen MR) is 186 cm³/mol. The van der Waals surface area contributed by atoms with E-state index >= 15 is 0 Å². The van der Waals surface area contributed by atoms with Gasteiger partial charge in [0.05, 0.1) is 13.2 Å². The number of benzene rings is 2. The first-order valence-electron chi connectivity index (χ1n) is 18.0. The first-order chi connectivity index (χ1) is 22.5. The number of ether oxygens (including phenoxy) is 6. The summed E-state index contributed by atoms with van der Waals surface area (Å²) in [4.78, 5) is 11.9. The number of carbonyl (C=O) groups excluding carboxylic acids is 1. The molecule has 2 unspecified atom stereocenters. The minimum Gasteiger partial charge on any atom is -0.465 e. The van der Waals surface area contributed by atoms with Crippen molar-refractivity contribution in [2.75, 3.05) is 26.4 Å². The molecule has 46 heavy (non-hydrogen) atoms. The van der Waals surface area contributed by atoms with Crippen LogP contribution in [0.25, 0.3) is 0 Å². The quantitative estimate of drug-likeness (QED) is 0.0519. The van der Waals surface area contributed by atoms with Gasteiger partial charge in [0.15, 0.2) is 12.6 Å². The van der Waals surface area contributed by atoms with Crippen molar-refractivity contribution in [1.82, 2.24) is 0 Å². The third kappa shape index (κ3) is 20.4. The van der Waals surface area contributed by atoms with E-state index in [0.717, 1.165) is 24.3 Å². The van der Waals surface area contributed by atoms with Crippen LogP contribution in [0.15, 0.2) is 48.5 Å². The molecule has 0 N–H and O–H groups in total. The fourth-order valence-electron chi connectivity index (χ4n) is 5.21. The summed E-state index contributed by atoms with van der Waals surface area (Å²) in [7, 11) is 0. The van der Waals surface area contributed by atoms with Crippen molar-refractivity contribution >= 4 is 6.16 Å². The maximum Gasteiger partial charge on any atom is 0.508 e. The summed E-state index contributed by atoms with van der Waals surface area (Å²) in [5, 5.41) is 0. The van der Waals surface area contributed by atoms with Gasteiger partial charge in [0.1, 0.15) is 24.7 Å². The SMILES string of the molecule is CCCCCCCCCc1ccc(OC(C)OCCOC(=O)OCCOC(C)Oc2ccc(CCCCCCCCC)cc2)cc1. The smallest absolute Gasteiger partial charge is 0.465 e. The summed E-state index contributed by atoms with van der Waals surface area (Å²) >= 11 is 0. The van der Waals surface area contributed by atoms with Crippen LogP contribution in [0.3, 0.4) is 0 Å². The lowest BCUT2D eigenvalue weighted by Gasteiger charge is -2.16. The molecule has 2 aromatic carbocycles. The van der Waals surface area contributed by atoms with Crippen molar-refractivity contribution in [3.8, 4) is 11.5 Å². The largest absolute Gasteiger partial charge is 0.508 e. The Morgan fingerprint density at radius 3 is 1.22 bits per heavy atom. The van der Waals surface area contributed by atoms with Gasteiger partial charge in [0.2, 0.25) is 0 Å². The molecule has 0 heterocycles. The Labute approximate surface area is 279 Å². The van der Waals surface area contributed by atoms with Crippen LogP contribution in [0.5, 0.6) is 11.5 Å². The molecule has 0 saturated heterocycles. The summed E-state index contributed by atoms with van der Waals surface area (Å²) in [6, 6.07) is 16.4. The van der Waals surface area contributed by atoms with Crippen LogP contribution in [-0.4, -0.2) is 45.2 Å². The highest BCUT2D eigenvalue weighted by Crippen LogP contribution is 2.18. The van der Waals surface area contributed by atoms with Crippen LogP contribution in [-0.2, 0) is 31.8 Å². The highest BCUT2D eigenvalue weighted by molar-refractivity contribution is 5.59. The Bertz CT molecular complexity index is 913. The van der Waals surface area contributed by atoms with Crippen molar-refractivity contribution in [3.63, 3.8) is 0 Å². The van der Waals surface area contributed by atoms with Crippen LogP contribution < -0.4 is 9.47 Å². The number of hydrogen-bond acceptors (Lipinski definition) is 7. The van der Waals surface area contributed by atoms with Crippen LogP contribution in [0.1, 0.15) is 129 Å². The Morgan fingerprint density at radius 1 is 0.500 bits per heavy atom. The number of unbranched alkanes of at least 4 members (excludes halogenated alkanes) is 12. The van der Waals surface area contributed by atoms with Crippen LogP contribution in [0.4, 0.5) is 4.79 Å². The third-order valence-corrected chi connectivity index (χ3v) is 7.90. The Morgan fingerprint density at radius 2 is 0.848 bits per heavy atom. The van der Waals surface area contributed by atoms with Gasteiger partial charge in [0, 0.05) is 0 Å². The molecule has 7 heteroatoms. The highest BCUT2D eigenvalue weighted by Gasteiger charge is 2.09. The van der Waals surface area contributed by atoms with E-state index in [1.165, 1.54) is 101 Å². The fraction of sp³-hybridized carbons (Fsp3) is 0.667. The van der Waals surface area contributed by atoms with E-state index in [1.807, 2.05) is 38.1 Å². The number of hydrogen-bond donors (Lipinski definition) is 0. The molecule has 0 aliphatic carbocycles. The first kappa shape index (κ1) is 39.4. The van der Waals surface area contributed by atoms with Crippen LogP contribution in [0.2, 0.25) is 0 Å². The van der Waals surface area contributed by atoms with Crippen molar-refractivity contribution in [2.24, 2.45) is 0 Å². The van der Waals surface area contributed by atoms with Gasteiger partial charge in [-0.3, -0.25) is 0 Å². The summed E-state index contributed by atoms with van der Waals surface area (Å²) in [5.74, 6) is 1.51. The van der Waals surface area contributed by atoms with E-state index < -0.39 is 18.7 Å². The predicted octanol–water partition coefficient (Wildman–Crippen LogP) is 10.6. The number of carbonyl (C=O) groups is 1. The van der Waals surface area contributed by atoms with Gasteiger partial charge < -0.3 is 28.4 Å². The van der Waals surface area contributed by atoms with Crippen LogP contribution >= 0.6 is 0 Å². The molecule has 0 radical (unpaired) electrons. The second-order valence-electron chi connectivity index (χ2n) is 12.1. The van der Waals surface area contributed by atoms with Gasteiger partial charge in [-0.25, -0.2) is 4.79 Å². The number of rotatable bonds is 28. The van der Waals surface area contributed by atoms with Gasteiger partial charge in [-0.2, -0.15) is 0 Å². The molecular weight excluding hydrogens is 580 g/mol. The Kier molecular flexibility index (Phi) is 22.5. The Hall–Kier alpha value is -2.77. The summed E-state index contributed by atoms with van der Waals surface area (Å²) in [5.41, 5.74) is 2.65. The second kappa shape index (κ2) is 26.3. The number of aryl methyl sites for hydroxylation is 2. The van der Waals surface area contributed by atoms with Gasteiger partial charge >= 0.3 is 6.16 Å². The third-order valence-electron chi connectivity index (χ3n) is 7.90. The molecule has 0 aliphatic heterocycles. The standard InChI is InChI=1S/C39H62O7/c1-5-7-9-11-13-15-17-19-35-21-25-37(26-22-35)45-33(3)41-29-31-43-39(40)44-32-30-42-34(4)46-38-27-23-36(24-28-38)20-18-16-14-12-10-8-6-2/h21-28,33-34H,5-20,29-32H2,1-4H3. The lowest BCUT2D eigenvalue weighted by molar-refractivity contribution is -0.0890. The van der Waals surface area contributed by atoms with Gasteiger partial charge in [-0.15, -0.1) is 0 Å². The first-order valence-corrected chi connectivity index (χ1v) is 18.0. The Balaban J connectivity index is 1.45. The zero-order chi connectivity index (χ0) is 33.1. The normalized spacial score (nSPS) is 12.4. The lowest BCUT2D eigenvalue weighted by Crippen LogP contribution is -2.22. The summed E-state index contributed by atoms with van der Waals surface area (Å²) < 4.78 is 33.0. The molecule has 0 fully saturated rings. The van der Waals surface area contributed by atoms with E-state index in [4.69, 9.17) is 28.4 Å². The molecule has 0 amide bonds. The molecule has 0 aliphatic rings. The van der Waals surface area contributed by atoms with E-state index in [2.05, 4.69) is 38.1 Å². The van der Waals surface area contributed by atoms with E-state index in [-0.39, 0.29) is 26.4 Å². The average molecular weight is 643 g/mol. The van der Waals surface area contributed by atoms with Crippen molar-refractivity contribution in [2.45, 2.75) is 143 Å². The van der Waals surface area contributed by atoms with Crippen molar-refractivity contribution in [1.29, 1.82) is 0 Å². The molecule has 2 aromatic rings. The summed E-state index contributed by atoms with van der Waals surface area (Å²) in [6.07, 6.45) is 18.9. The van der Waals surface area contributed by atoms with Gasteiger partial charge in [-0.05, 0) is 74.9 Å². The lowest BCUT2D eigenvalue weighted by atomic mass is 10.0. The minimum atomic E-state index is -0.762. The van der Waals surface area contributed by atoms with E-state index in [9.17, 15) is 4.79 Å². The molecule has 0 saturated carbocycles. The molecule has 0 spiro atoms. The molecule has 2 rings (SSSR count). The zero-order valence-corrected chi connectivity index (χ0v) is 29.3. The molecule has 0 bridgehead atoms. The maximum atomic E-state index is 11.9. The molecule has 7 nitrogen and oxygen atoms in total. The molecular formula is C39H62O7. The highest BCUT2D eigenvalue weighted by atomic mass is 16.7. The summed E-state index contributed by atoms with van der Waals surface area (Å²) in [6.45, 7) is 8.68. The fourth-order valence-corrected chi connectivity index (χ4v) is 5.21. The molecule has 260 valence electrons.